The Morgan fingerprint density at radius 2 is 2.04 bits per heavy atom. The van der Waals surface area contributed by atoms with E-state index < -0.39 is 0 Å². The van der Waals surface area contributed by atoms with Gasteiger partial charge in [0.1, 0.15) is 11.5 Å². The molecule has 7 nitrogen and oxygen atoms in total. The van der Waals surface area contributed by atoms with Gasteiger partial charge in [0.05, 0.1) is 24.2 Å². The summed E-state index contributed by atoms with van der Waals surface area (Å²) >= 11 is 1.24. The molecule has 2 N–H and O–H groups in total. The van der Waals surface area contributed by atoms with Gasteiger partial charge in [0.2, 0.25) is 11.8 Å². The van der Waals surface area contributed by atoms with Crippen LogP contribution in [0.25, 0.3) is 0 Å². The molecule has 2 amide bonds. The van der Waals surface area contributed by atoms with Gasteiger partial charge in [0.25, 0.3) is 0 Å². The number of thioether (sulfide) groups is 1. The lowest BCUT2D eigenvalue weighted by Gasteiger charge is -2.15. The van der Waals surface area contributed by atoms with Crippen molar-refractivity contribution in [2.75, 3.05) is 23.4 Å². The highest BCUT2D eigenvalue weighted by Gasteiger charge is 2.12. The van der Waals surface area contributed by atoms with Crippen molar-refractivity contribution in [3.8, 4) is 5.75 Å². The maximum Gasteiger partial charge on any atom is 0.235 e. The predicted molar refractivity (Wildman–Crippen MR) is 101 cm³/mol. The number of nitrogens with zero attached hydrogens (tertiary/aromatic N) is 1. The summed E-state index contributed by atoms with van der Waals surface area (Å²) < 4.78 is 10.3. The minimum Gasteiger partial charge on any atom is -0.494 e. The number of amides is 2. The summed E-state index contributed by atoms with van der Waals surface area (Å²) in [6.45, 7) is 6.17. The fraction of sp³-hybridized carbons (Fsp3) is 0.389. The smallest absolute Gasteiger partial charge is 0.235 e. The maximum absolute atomic E-state index is 12.1. The number of hydrogen-bond donors (Lipinski definition) is 2. The molecule has 0 bridgehead atoms. The van der Waals surface area contributed by atoms with Crippen LogP contribution in [0.5, 0.6) is 5.75 Å². The molecule has 0 aliphatic rings. The number of benzene rings is 1. The largest absolute Gasteiger partial charge is 0.494 e. The number of carbonyl (C=O) groups is 2. The van der Waals surface area contributed by atoms with E-state index in [1.807, 2.05) is 38.1 Å². The molecule has 0 radical (unpaired) electrons. The second kappa shape index (κ2) is 9.86. The van der Waals surface area contributed by atoms with Crippen LogP contribution >= 0.6 is 11.8 Å². The number of ether oxygens (including phenoxy) is 1. The van der Waals surface area contributed by atoms with E-state index >= 15 is 0 Å². The lowest BCUT2D eigenvalue weighted by molar-refractivity contribution is -0.119. The van der Waals surface area contributed by atoms with E-state index in [1.54, 1.807) is 13.0 Å². The molecule has 0 spiro atoms. The third kappa shape index (κ3) is 6.44. The van der Waals surface area contributed by atoms with Crippen LogP contribution in [0, 0.1) is 6.92 Å². The van der Waals surface area contributed by atoms with Crippen molar-refractivity contribution < 1.29 is 18.8 Å². The third-order valence-electron chi connectivity index (χ3n) is 3.41. The van der Waals surface area contributed by atoms with Crippen LogP contribution in [0.15, 0.2) is 34.9 Å². The van der Waals surface area contributed by atoms with E-state index in [4.69, 9.17) is 9.26 Å². The zero-order chi connectivity index (χ0) is 18.9. The van der Waals surface area contributed by atoms with Gasteiger partial charge in [-0.05, 0) is 38.5 Å². The summed E-state index contributed by atoms with van der Waals surface area (Å²) in [5.41, 5.74) is 0.966. The Balaban J connectivity index is 1.72. The summed E-state index contributed by atoms with van der Waals surface area (Å²) in [7, 11) is 0. The lowest BCUT2D eigenvalue weighted by Crippen LogP contribution is -2.28. The predicted octanol–water partition coefficient (Wildman–Crippen LogP) is 2.93. The number of rotatable bonds is 9. The topological polar surface area (TPSA) is 93.5 Å². The maximum atomic E-state index is 12.1. The molecule has 1 atom stereocenters. The SMILES string of the molecule is CCOc1cccc([C@H](C)NC(=O)CSCC(=O)Nc2cc(C)on2)c1. The summed E-state index contributed by atoms with van der Waals surface area (Å²) in [5.74, 6) is 1.77. The Morgan fingerprint density at radius 1 is 1.27 bits per heavy atom. The van der Waals surface area contributed by atoms with Crippen molar-refractivity contribution >= 4 is 29.4 Å². The Kier molecular flexibility index (Phi) is 7.53. The second-order valence-electron chi connectivity index (χ2n) is 5.66. The number of carbonyl (C=O) groups excluding carboxylic acids is 2. The van der Waals surface area contributed by atoms with Crippen LogP contribution in [0.2, 0.25) is 0 Å². The van der Waals surface area contributed by atoms with E-state index in [1.165, 1.54) is 11.8 Å². The van der Waals surface area contributed by atoms with Gasteiger partial charge >= 0.3 is 0 Å². The number of hydrogen-bond acceptors (Lipinski definition) is 6. The van der Waals surface area contributed by atoms with Crippen molar-refractivity contribution in [2.45, 2.75) is 26.8 Å². The molecule has 0 aliphatic heterocycles. The van der Waals surface area contributed by atoms with Crippen LogP contribution < -0.4 is 15.4 Å². The third-order valence-corrected chi connectivity index (χ3v) is 4.34. The first-order valence-electron chi connectivity index (χ1n) is 8.31. The van der Waals surface area contributed by atoms with Gasteiger partial charge in [0, 0.05) is 6.07 Å². The molecular weight excluding hydrogens is 354 g/mol. The standard InChI is InChI=1S/C18H23N3O4S/c1-4-24-15-7-5-6-14(9-15)13(3)19-17(22)10-26-11-18(23)20-16-8-12(2)25-21-16/h5-9,13H,4,10-11H2,1-3H3,(H,19,22)(H,20,21,23)/t13-/m0/s1. The van der Waals surface area contributed by atoms with Crippen molar-refractivity contribution in [3.63, 3.8) is 0 Å². The number of nitrogens with one attached hydrogen (secondary N) is 2. The Morgan fingerprint density at radius 3 is 2.73 bits per heavy atom. The van der Waals surface area contributed by atoms with Crippen LogP contribution in [0.4, 0.5) is 5.82 Å². The lowest BCUT2D eigenvalue weighted by atomic mass is 10.1. The van der Waals surface area contributed by atoms with Gasteiger partial charge in [-0.25, -0.2) is 0 Å². The van der Waals surface area contributed by atoms with Gasteiger partial charge in [-0.3, -0.25) is 9.59 Å². The van der Waals surface area contributed by atoms with E-state index in [2.05, 4.69) is 15.8 Å². The van der Waals surface area contributed by atoms with E-state index in [0.29, 0.717) is 18.2 Å². The average Bonchev–Trinajstić information content (AvgIpc) is 3.00. The first-order chi connectivity index (χ1) is 12.5. The molecule has 0 unspecified atom stereocenters. The molecule has 8 heteroatoms. The highest BCUT2D eigenvalue weighted by Crippen LogP contribution is 2.19. The molecule has 2 rings (SSSR count). The van der Waals surface area contributed by atoms with Crippen molar-refractivity contribution in [1.29, 1.82) is 0 Å². The van der Waals surface area contributed by atoms with Gasteiger partial charge in [0.15, 0.2) is 5.82 Å². The van der Waals surface area contributed by atoms with Crippen molar-refractivity contribution in [1.82, 2.24) is 10.5 Å². The molecule has 1 heterocycles. The summed E-state index contributed by atoms with van der Waals surface area (Å²) in [5, 5.41) is 9.22. The normalized spacial score (nSPS) is 11.7. The number of aromatic nitrogens is 1. The molecule has 0 saturated carbocycles. The summed E-state index contributed by atoms with van der Waals surface area (Å²) in [6.07, 6.45) is 0. The fourth-order valence-corrected chi connectivity index (χ4v) is 2.88. The van der Waals surface area contributed by atoms with Gasteiger partial charge in [-0.1, -0.05) is 17.3 Å². The molecule has 26 heavy (non-hydrogen) atoms. The van der Waals surface area contributed by atoms with Crippen LogP contribution in [0.3, 0.4) is 0 Å². The first-order valence-corrected chi connectivity index (χ1v) is 9.46. The number of aryl methyl sites for hydroxylation is 1. The molecule has 0 aliphatic carbocycles. The Bertz CT molecular complexity index is 748. The molecule has 140 valence electrons. The molecule has 0 saturated heterocycles. The molecule has 1 aromatic carbocycles. The quantitative estimate of drug-likeness (QED) is 0.698. The Labute approximate surface area is 156 Å². The average molecular weight is 377 g/mol. The van der Waals surface area contributed by atoms with Crippen molar-refractivity contribution in [3.05, 3.63) is 41.7 Å². The van der Waals surface area contributed by atoms with Crippen LogP contribution in [0.1, 0.15) is 31.2 Å². The minimum absolute atomic E-state index is 0.130. The monoisotopic (exact) mass is 377 g/mol. The Hall–Kier alpha value is -2.48. The highest BCUT2D eigenvalue weighted by molar-refractivity contribution is 8.00. The van der Waals surface area contributed by atoms with E-state index in [0.717, 1.165) is 11.3 Å². The van der Waals surface area contributed by atoms with Gasteiger partial charge in [-0.2, -0.15) is 0 Å². The first kappa shape index (κ1) is 19.8. The van der Waals surface area contributed by atoms with Crippen LogP contribution in [-0.4, -0.2) is 35.1 Å². The second-order valence-corrected chi connectivity index (χ2v) is 6.64. The summed E-state index contributed by atoms with van der Waals surface area (Å²) in [6, 6.07) is 9.12. The zero-order valence-corrected chi connectivity index (χ0v) is 15.9. The highest BCUT2D eigenvalue weighted by atomic mass is 32.2. The van der Waals surface area contributed by atoms with E-state index in [9.17, 15) is 9.59 Å². The minimum atomic E-state index is -0.228. The van der Waals surface area contributed by atoms with Gasteiger partial charge < -0.3 is 19.9 Å². The van der Waals surface area contributed by atoms with Gasteiger partial charge in [-0.15, -0.1) is 11.8 Å². The molecule has 0 fully saturated rings. The number of anilines is 1. The van der Waals surface area contributed by atoms with E-state index in [-0.39, 0.29) is 29.4 Å². The fourth-order valence-electron chi connectivity index (χ4n) is 2.25. The molecular formula is C18H23N3O4S. The van der Waals surface area contributed by atoms with Crippen LogP contribution in [-0.2, 0) is 9.59 Å². The zero-order valence-electron chi connectivity index (χ0n) is 15.1. The molecule has 1 aromatic heterocycles. The molecule has 2 aromatic rings. The van der Waals surface area contributed by atoms with Crippen molar-refractivity contribution in [2.24, 2.45) is 0 Å². The summed E-state index contributed by atoms with van der Waals surface area (Å²) in [4.78, 5) is 23.8.